The Kier molecular flexibility index (Phi) is 3.20. The van der Waals surface area contributed by atoms with E-state index in [2.05, 4.69) is 32.6 Å². The van der Waals surface area contributed by atoms with Crippen molar-refractivity contribution in [1.82, 2.24) is 5.32 Å². The summed E-state index contributed by atoms with van der Waals surface area (Å²) in [6.45, 7) is 0.705. The van der Waals surface area contributed by atoms with Crippen molar-refractivity contribution in [2.45, 2.75) is 12.6 Å². The maximum atomic E-state index is 12.0. The third-order valence-electron chi connectivity index (χ3n) is 2.92. The zero-order valence-electron chi connectivity index (χ0n) is 9.44. The molecule has 0 fully saturated rings. The zero-order valence-corrected chi connectivity index (χ0v) is 11.8. The molecule has 3 rings (SSSR count). The third kappa shape index (κ3) is 2.09. The number of rotatable bonds is 3. The molecule has 0 saturated heterocycles. The molecule has 1 aliphatic rings. The van der Waals surface area contributed by atoms with Crippen molar-refractivity contribution in [3.63, 3.8) is 0 Å². The van der Waals surface area contributed by atoms with E-state index in [0.717, 1.165) is 15.7 Å². The molecule has 0 radical (unpaired) electrons. The number of anilines is 1. The van der Waals surface area contributed by atoms with Gasteiger partial charge in [-0.05, 0) is 23.6 Å². The molecular weight excluding hydrogens is 312 g/mol. The van der Waals surface area contributed by atoms with Crippen LogP contribution in [-0.2, 0) is 11.3 Å². The normalized spacial score (nSPS) is 17.6. The van der Waals surface area contributed by atoms with Crippen LogP contribution in [0.5, 0.6) is 0 Å². The van der Waals surface area contributed by atoms with Gasteiger partial charge in [-0.3, -0.25) is 10.1 Å². The van der Waals surface area contributed by atoms with E-state index in [0.29, 0.717) is 6.54 Å². The van der Waals surface area contributed by atoms with E-state index < -0.39 is 0 Å². The second-order valence-corrected chi connectivity index (χ2v) is 5.97. The molecule has 92 valence electrons. The van der Waals surface area contributed by atoms with Gasteiger partial charge in [0, 0.05) is 27.1 Å². The van der Waals surface area contributed by atoms with Crippen molar-refractivity contribution in [1.29, 1.82) is 0 Å². The van der Waals surface area contributed by atoms with E-state index in [1.807, 2.05) is 29.6 Å². The number of hydrogen-bond donors (Lipinski definition) is 2. The number of carbonyl (C=O) groups is 1. The van der Waals surface area contributed by atoms with Crippen molar-refractivity contribution in [2.24, 2.45) is 0 Å². The van der Waals surface area contributed by atoms with Gasteiger partial charge in [0.05, 0.1) is 0 Å². The van der Waals surface area contributed by atoms with Gasteiger partial charge in [0.1, 0.15) is 6.04 Å². The van der Waals surface area contributed by atoms with Crippen molar-refractivity contribution in [3.8, 4) is 0 Å². The molecule has 0 aliphatic carbocycles. The molecule has 18 heavy (non-hydrogen) atoms. The fraction of sp³-hybridized carbons (Fsp3) is 0.154. The van der Waals surface area contributed by atoms with Crippen molar-refractivity contribution in [2.75, 3.05) is 5.32 Å². The molecule has 1 unspecified atom stereocenters. The third-order valence-corrected chi connectivity index (χ3v) is 4.49. The summed E-state index contributed by atoms with van der Waals surface area (Å²) in [5, 5.41) is 8.23. The van der Waals surface area contributed by atoms with Gasteiger partial charge in [0.15, 0.2) is 0 Å². The maximum absolute atomic E-state index is 12.0. The molecule has 1 aromatic carbocycles. The maximum Gasteiger partial charge on any atom is 0.246 e. The Morgan fingerprint density at radius 1 is 1.33 bits per heavy atom. The zero-order chi connectivity index (χ0) is 12.5. The molecule has 2 aromatic rings. The quantitative estimate of drug-likeness (QED) is 0.910. The Balaban J connectivity index is 1.83. The van der Waals surface area contributed by atoms with E-state index in [4.69, 9.17) is 0 Å². The van der Waals surface area contributed by atoms with Crippen molar-refractivity contribution < 1.29 is 4.79 Å². The number of hydrogen-bond acceptors (Lipinski definition) is 3. The molecule has 2 N–H and O–H groups in total. The summed E-state index contributed by atoms with van der Waals surface area (Å²) in [5.41, 5.74) is 1.89. The molecule has 1 aromatic heterocycles. The molecule has 3 nitrogen and oxygen atoms in total. The first kappa shape index (κ1) is 11.9. The lowest BCUT2D eigenvalue weighted by Crippen LogP contribution is -2.27. The molecule has 2 heterocycles. The molecule has 0 spiro atoms. The van der Waals surface area contributed by atoms with Gasteiger partial charge in [-0.25, -0.2) is 0 Å². The standard InChI is InChI=1S/C13H11BrN2OS/c14-9-4-1-5-10-11(9)12(13(17)16-10)15-7-8-3-2-6-18-8/h1-6,12,15H,7H2,(H,16,17). The van der Waals surface area contributed by atoms with Crippen LogP contribution in [0, 0.1) is 0 Å². The van der Waals surface area contributed by atoms with Gasteiger partial charge in [-0.15, -0.1) is 11.3 Å². The minimum atomic E-state index is -0.280. The van der Waals surface area contributed by atoms with E-state index in [9.17, 15) is 4.79 Å². The summed E-state index contributed by atoms with van der Waals surface area (Å²) < 4.78 is 0.960. The fourth-order valence-electron chi connectivity index (χ4n) is 2.09. The highest BCUT2D eigenvalue weighted by Gasteiger charge is 2.31. The monoisotopic (exact) mass is 322 g/mol. The van der Waals surface area contributed by atoms with Crippen molar-refractivity contribution in [3.05, 3.63) is 50.6 Å². The molecule has 0 saturated carbocycles. The lowest BCUT2D eigenvalue weighted by molar-refractivity contribution is -0.117. The number of thiophene rings is 1. The molecule has 1 aliphatic heterocycles. The van der Waals surface area contributed by atoms with Crippen LogP contribution in [0.1, 0.15) is 16.5 Å². The Labute approximate surface area is 117 Å². The largest absolute Gasteiger partial charge is 0.324 e. The Bertz CT molecular complexity index is 583. The summed E-state index contributed by atoms with van der Waals surface area (Å²) in [5.74, 6) is 0.00783. The van der Waals surface area contributed by atoms with Gasteiger partial charge in [0.25, 0.3) is 0 Å². The van der Waals surface area contributed by atoms with E-state index in [1.54, 1.807) is 11.3 Å². The van der Waals surface area contributed by atoms with E-state index in [1.165, 1.54) is 4.88 Å². The summed E-state index contributed by atoms with van der Waals surface area (Å²) in [6.07, 6.45) is 0. The van der Waals surface area contributed by atoms with Gasteiger partial charge in [-0.2, -0.15) is 0 Å². The number of halogens is 1. The minimum Gasteiger partial charge on any atom is -0.324 e. The lowest BCUT2D eigenvalue weighted by atomic mass is 10.1. The first-order chi connectivity index (χ1) is 8.75. The minimum absolute atomic E-state index is 0.00783. The Hall–Kier alpha value is -1.17. The summed E-state index contributed by atoms with van der Waals surface area (Å²) >= 11 is 5.19. The van der Waals surface area contributed by atoms with E-state index >= 15 is 0 Å². The predicted octanol–water partition coefficient (Wildman–Crippen LogP) is 3.29. The topological polar surface area (TPSA) is 41.1 Å². The summed E-state index contributed by atoms with van der Waals surface area (Å²) in [7, 11) is 0. The SMILES string of the molecule is O=C1Nc2cccc(Br)c2C1NCc1cccs1. The first-order valence-electron chi connectivity index (χ1n) is 5.61. The van der Waals surface area contributed by atoms with Crippen LogP contribution in [0.15, 0.2) is 40.2 Å². The second kappa shape index (κ2) is 4.84. The number of benzene rings is 1. The molecular formula is C13H11BrN2OS. The van der Waals surface area contributed by atoms with E-state index in [-0.39, 0.29) is 11.9 Å². The van der Waals surface area contributed by atoms with Crippen LogP contribution in [0.4, 0.5) is 5.69 Å². The highest BCUT2D eigenvalue weighted by Crippen LogP contribution is 2.36. The number of carbonyl (C=O) groups excluding carboxylic acids is 1. The van der Waals surface area contributed by atoms with Crippen LogP contribution >= 0.6 is 27.3 Å². The van der Waals surface area contributed by atoms with Crippen LogP contribution in [-0.4, -0.2) is 5.91 Å². The average Bonchev–Trinajstić information content (AvgIpc) is 2.94. The smallest absolute Gasteiger partial charge is 0.246 e. The highest BCUT2D eigenvalue weighted by atomic mass is 79.9. The Morgan fingerprint density at radius 3 is 3.00 bits per heavy atom. The van der Waals surface area contributed by atoms with Gasteiger partial charge in [-0.1, -0.05) is 28.1 Å². The fourth-order valence-corrected chi connectivity index (χ4v) is 3.34. The molecule has 0 bridgehead atoms. The lowest BCUT2D eigenvalue weighted by Gasteiger charge is -2.11. The van der Waals surface area contributed by atoms with Gasteiger partial charge >= 0.3 is 0 Å². The predicted molar refractivity (Wildman–Crippen MR) is 76.7 cm³/mol. The van der Waals surface area contributed by atoms with Crippen LogP contribution in [0.2, 0.25) is 0 Å². The number of amides is 1. The van der Waals surface area contributed by atoms with Crippen molar-refractivity contribution >= 4 is 38.9 Å². The second-order valence-electron chi connectivity index (χ2n) is 4.08. The van der Waals surface area contributed by atoms with Crippen LogP contribution in [0.3, 0.4) is 0 Å². The average molecular weight is 323 g/mol. The number of fused-ring (bicyclic) bond motifs is 1. The first-order valence-corrected chi connectivity index (χ1v) is 7.28. The molecule has 5 heteroatoms. The summed E-state index contributed by atoms with van der Waals surface area (Å²) in [4.78, 5) is 13.2. The summed E-state index contributed by atoms with van der Waals surface area (Å²) in [6, 6.07) is 9.60. The van der Waals surface area contributed by atoms with Gasteiger partial charge in [0.2, 0.25) is 5.91 Å². The molecule has 1 amide bonds. The Morgan fingerprint density at radius 2 is 2.22 bits per heavy atom. The van der Waals surface area contributed by atoms with Gasteiger partial charge < -0.3 is 5.32 Å². The van der Waals surface area contributed by atoms with Crippen LogP contribution in [0.25, 0.3) is 0 Å². The highest BCUT2D eigenvalue weighted by molar-refractivity contribution is 9.10. The van der Waals surface area contributed by atoms with Crippen LogP contribution < -0.4 is 10.6 Å². The molecule has 1 atom stereocenters. The number of nitrogens with one attached hydrogen (secondary N) is 2.